The first-order chi connectivity index (χ1) is 11.9. The Balaban J connectivity index is 0.00000338. The van der Waals surface area contributed by atoms with Gasteiger partial charge >= 0.3 is 5.97 Å². The smallest absolute Gasteiger partial charge is 0.357 e. The van der Waals surface area contributed by atoms with Crippen LogP contribution >= 0.6 is 0 Å². The molecule has 1 aliphatic heterocycles. The van der Waals surface area contributed by atoms with Gasteiger partial charge in [0.15, 0.2) is 5.69 Å². The van der Waals surface area contributed by atoms with Crippen molar-refractivity contribution in [1.82, 2.24) is 4.98 Å². The standard InChI is InChI=1S/C18H28N4O3.H2/c1-5-25-18(23)13-10-14(22-8-6-12(24-4)7-9-22)15(17(20)21-13)16(19)11(2)3;/h10-12,19H,5-9H2,1-4H3,(H2,20,21);1H. The molecule has 0 bridgehead atoms. The number of carbonyl (C=O) groups excluding carboxylic acids is 1. The molecular formula is C18H30N4O3. The summed E-state index contributed by atoms with van der Waals surface area (Å²) in [5, 5.41) is 8.43. The van der Waals surface area contributed by atoms with Crippen molar-refractivity contribution in [2.24, 2.45) is 5.92 Å². The number of hydrogen-bond acceptors (Lipinski definition) is 7. The maximum atomic E-state index is 12.1. The summed E-state index contributed by atoms with van der Waals surface area (Å²) in [6.07, 6.45) is 2.03. The SMILES string of the molecule is CCOC(=O)c1cc(N2CCC(OC)CC2)c(C(=N)C(C)C)c(N)n1.[HH]. The van der Waals surface area contributed by atoms with E-state index in [9.17, 15) is 4.79 Å². The molecule has 1 aromatic rings. The first-order valence-electron chi connectivity index (χ1n) is 8.73. The predicted molar refractivity (Wildman–Crippen MR) is 101 cm³/mol. The lowest BCUT2D eigenvalue weighted by Gasteiger charge is -2.34. The molecule has 25 heavy (non-hydrogen) atoms. The van der Waals surface area contributed by atoms with Gasteiger partial charge in [0, 0.05) is 27.3 Å². The van der Waals surface area contributed by atoms with Crippen LogP contribution in [0.3, 0.4) is 0 Å². The van der Waals surface area contributed by atoms with Gasteiger partial charge in [-0.05, 0) is 31.7 Å². The zero-order chi connectivity index (χ0) is 18.6. The van der Waals surface area contributed by atoms with Gasteiger partial charge in [-0.1, -0.05) is 13.8 Å². The zero-order valence-electron chi connectivity index (χ0n) is 15.5. The number of anilines is 2. The Morgan fingerprint density at radius 2 is 2.12 bits per heavy atom. The van der Waals surface area contributed by atoms with Gasteiger partial charge in [0.2, 0.25) is 0 Å². The summed E-state index contributed by atoms with van der Waals surface area (Å²) in [6.45, 7) is 7.48. The summed E-state index contributed by atoms with van der Waals surface area (Å²) < 4.78 is 10.5. The van der Waals surface area contributed by atoms with E-state index in [4.69, 9.17) is 20.6 Å². The number of hydrogen-bond donors (Lipinski definition) is 2. The fourth-order valence-electron chi connectivity index (χ4n) is 3.01. The molecule has 2 rings (SSSR count). The van der Waals surface area contributed by atoms with E-state index in [-0.39, 0.29) is 31.6 Å². The minimum atomic E-state index is -0.496. The molecule has 0 aliphatic carbocycles. The molecule has 0 saturated carbocycles. The Labute approximate surface area is 150 Å². The van der Waals surface area contributed by atoms with Crippen molar-refractivity contribution < 1.29 is 15.7 Å². The number of rotatable bonds is 6. The molecule has 0 amide bonds. The monoisotopic (exact) mass is 350 g/mol. The number of piperidine rings is 1. The quantitative estimate of drug-likeness (QED) is 0.604. The second kappa shape index (κ2) is 8.29. The number of methoxy groups -OCH3 is 1. The van der Waals surface area contributed by atoms with Gasteiger partial charge in [-0.3, -0.25) is 0 Å². The third-order valence-electron chi connectivity index (χ3n) is 4.47. The minimum absolute atomic E-state index is 0. The van der Waals surface area contributed by atoms with E-state index < -0.39 is 5.97 Å². The highest BCUT2D eigenvalue weighted by Crippen LogP contribution is 2.31. The summed E-state index contributed by atoms with van der Waals surface area (Å²) in [7, 11) is 1.73. The van der Waals surface area contributed by atoms with Crippen molar-refractivity contribution in [3.63, 3.8) is 0 Å². The maximum Gasteiger partial charge on any atom is 0.357 e. The van der Waals surface area contributed by atoms with Crippen LogP contribution in [0.15, 0.2) is 6.07 Å². The largest absolute Gasteiger partial charge is 0.461 e. The van der Waals surface area contributed by atoms with Gasteiger partial charge in [-0.2, -0.15) is 0 Å². The van der Waals surface area contributed by atoms with E-state index in [1.165, 1.54) is 0 Å². The Hall–Kier alpha value is -2.15. The molecule has 0 radical (unpaired) electrons. The Kier molecular flexibility index (Phi) is 6.36. The highest BCUT2D eigenvalue weighted by molar-refractivity contribution is 6.09. The highest BCUT2D eigenvalue weighted by Gasteiger charge is 2.26. The number of ether oxygens (including phenoxy) is 2. The lowest BCUT2D eigenvalue weighted by molar-refractivity contribution is 0.0519. The molecule has 0 aromatic carbocycles. The summed E-state index contributed by atoms with van der Waals surface area (Å²) in [5.41, 5.74) is 8.14. The molecule has 2 heterocycles. The van der Waals surface area contributed by atoms with Crippen LogP contribution in [-0.2, 0) is 9.47 Å². The fourth-order valence-corrected chi connectivity index (χ4v) is 3.01. The average molecular weight is 350 g/mol. The van der Waals surface area contributed by atoms with Crippen molar-refractivity contribution in [3.05, 3.63) is 17.3 Å². The molecule has 140 valence electrons. The molecule has 3 N–H and O–H groups in total. The molecule has 7 nitrogen and oxygen atoms in total. The number of carbonyl (C=O) groups is 1. The predicted octanol–water partition coefficient (Wildman–Crippen LogP) is 2.73. The molecule has 7 heteroatoms. The van der Waals surface area contributed by atoms with Crippen molar-refractivity contribution >= 4 is 23.2 Å². The number of nitrogens with two attached hydrogens (primary N) is 1. The average Bonchev–Trinajstić information content (AvgIpc) is 2.60. The second-order valence-corrected chi connectivity index (χ2v) is 6.50. The number of aromatic nitrogens is 1. The van der Waals surface area contributed by atoms with Crippen LogP contribution in [0.4, 0.5) is 11.5 Å². The number of nitrogens with one attached hydrogen (secondary N) is 1. The van der Waals surface area contributed by atoms with Crippen molar-refractivity contribution in [2.75, 3.05) is 37.4 Å². The van der Waals surface area contributed by atoms with E-state index in [1.54, 1.807) is 20.1 Å². The summed E-state index contributed by atoms with van der Waals surface area (Å²) >= 11 is 0. The van der Waals surface area contributed by atoms with Crippen LogP contribution < -0.4 is 10.6 Å². The molecule has 0 atom stereocenters. The third kappa shape index (κ3) is 4.28. The molecule has 0 unspecified atom stereocenters. The van der Waals surface area contributed by atoms with Gasteiger partial charge < -0.3 is 25.5 Å². The zero-order valence-corrected chi connectivity index (χ0v) is 15.5. The third-order valence-corrected chi connectivity index (χ3v) is 4.47. The Bertz CT molecular complexity index is 644. The first-order valence-corrected chi connectivity index (χ1v) is 8.73. The van der Waals surface area contributed by atoms with Gasteiger partial charge in [0.25, 0.3) is 0 Å². The lowest BCUT2D eigenvalue weighted by Crippen LogP contribution is -2.38. The normalized spacial score (nSPS) is 15.5. The number of esters is 1. The van der Waals surface area contributed by atoms with Crippen molar-refractivity contribution in [3.8, 4) is 0 Å². The van der Waals surface area contributed by atoms with Gasteiger partial charge in [-0.15, -0.1) is 0 Å². The fraction of sp³-hybridized carbons (Fsp3) is 0.611. The van der Waals surface area contributed by atoms with E-state index in [0.29, 0.717) is 11.3 Å². The van der Waals surface area contributed by atoms with Crippen LogP contribution in [0.2, 0.25) is 0 Å². The summed E-state index contributed by atoms with van der Waals surface area (Å²) in [6, 6.07) is 1.70. The maximum absolute atomic E-state index is 12.1. The molecule has 1 aromatic heterocycles. The molecule has 1 aliphatic rings. The van der Waals surface area contributed by atoms with E-state index in [0.717, 1.165) is 31.6 Å². The van der Waals surface area contributed by atoms with E-state index in [2.05, 4.69) is 9.88 Å². The Morgan fingerprint density at radius 3 is 2.64 bits per heavy atom. The molecule has 1 saturated heterocycles. The molecule has 1 fully saturated rings. The second-order valence-electron chi connectivity index (χ2n) is 6.50. The van der Waals surface area contributed by atoms with Crippen LogP contribution in [0.1, 0.15) is 51.1 Å². The molecular weight excluding hydrogens is 320 g/mol. The highest BCUT2D eigenvalue weighted by atomic mass is 16.5. The number of nitrogens with zero attached hydrogens (tertiary/aromatic N) is 2. The lowest BCUT2D eigenvalue weighted by atomic mass is 9.96. The summed E-state index contributed by atoms with van der Waals surface area (Å²) in [5.74, 6) is -0.286. The van der Waals surface area contributed by atoms with E-state index >= 15 is 0 Å². The first kappa shape index (κ1) is 19.2. The molecule has 0 spiro atoms. The van der Waals surface area contributed by atoms with E-state index in [1.807, 2.05) is 13.8 Å². The topological polar surface area (TPSA) is 102 Å². The van der Waals surface area contributed by atoms with Crippen molar-refractivity contribution in [1.29, 1.82) is 5.41 Å². The summed E-state index contributed by atoms with van der Waals surface area (Å²) in [4.78, 5) is 18.5. The van der Waals surface area contributed by atoms with Crippen molar-refractivity contribution in [2.45, 2.75) is 39.7 Å². The van der Waals surface area contributed by atoms with Gasteiger partial charge in [-0.25, -0.2) is 9.78 Å². The van der Waals surface area contributed by atoms with Crippen LogP contribution in [0.25, 0.3) is 0 Å². The van der Waals surface area contributed by atoms with Crippen LogP contribution in [0.5, 0.6) is 0 Å². The minimum Gasteiger partial charge on any atom is -0.461 e. The number of pyridine rings is 1. The van der Waals surface area contributed by atoms with Crippen LogP contribution in [-0.4, -0.2) is 49.6 Å². The van der Waals surface area contributed by atoms with Gasteiger partial charge in [0.1, 0.15) is 5.82 Å². The number of nitrogen functional groups attached to an aromatic ring is 1. The van der Waals surface area contributed by atoms with Gasteiger partial charge in [0.05, 0.1) is 24.0 Å². The Morgan fingerprint density at radius 1 is 1.48 bits per heavy atom. The van der Waals surface area contributed by atoms with Crippen LogP contribution in [0, 0.1) is 11.3 Å².